The zero-order valence-corrected chi connectivity index (χ0v) is 12.2. The first-order chi connectivity index (χ1) is 8.81. The molecule has 3 N–H and O–H groups in total. The molecule has 2 rings (SSSR count). The lowest BCUT2D eigenvalue weighted by Crippen LogP contribution is -2.43. The first-order valence-electron chi connectivity index (χ1n) is 6.30. The lowest BCUT2D eigenvalue weighted by Gasteiger charge is -2.18. The number of aryl methyl sites for hydroxylation is 3. The minimum absolute atomic E-state index is 0.317. The molecule has 0 aliphatic carbocycles. The normalized spacial score (nSPS) is 23.8. The lowest BCUT2D eigenvalue weighted by molar-refractivity contribution is 0.172. The van der Waals surface area contributed by atoms with Crippen LogP contribution in [0.15, 0.2) is 17.0 Å². The first-order valence-corrected chi connectivity index (χ1v) is 7.78. The summed E-state index contributed by atoms with van der Waals surface area (Å²) in [4.78, 5) is 0.317. The molecule has 1 fully saturated rings. The molecule has 0 spiro atoms. The molecule has 1 saturated heterocycles. The second-order valence-corrected chi connectivity index (χ2v) is 6.83. The van der Waals surface area contributed by atoms with Gasteiger partial charge in [-0.2, -0.15) is 0 Å². The van der Waals surface area contributed by atoms with Gasteiger partial charge in [0.05, 0.1) is 17.0 Å². The van der Waals surface area contributed by atoms with Gasteiger partial charge in [0.15, 0.2) is 0 Å². The number of nitrogens with one attached hydrogen (secondary N) is 2. The van der Waals surface area contributed by atoms with Crippen molar-refractivity contribution in [1.82, 2.24) is 10.0 Å². The van der Waals surface area contributed by atoms with Crippen molar-refractivity contribution in [3.63, 3.8) is 0 Å². The van der Waals surface area contributed by atoms with Gasteiger partial charge >= 0.3 is 0 Å². The highest BCUT2D eigenvalue weighted by Gasteiger charge is 2.31. The molecule has 0 unspecified atom stereocenters. The zero-order chi connectivity index (χ0) is 14.2. The number of benzene rings is 1. The predicted molar refractivity (Wildman–Crippen MR) is 73.6 cm³/mol. The van der Waals surface area contributed by atoms with Crippen molar-refractivity contribution in [2.24, 2.45) is 0 Å². The van der Waals surface area contributed by atoms with Crippen LogP contribution >= 0.6 is 0 Å². The summed E-state index contributed by atoms with van der Waals surface area (Å²) < 4.78 is 27.5. The molecule has 1 aliphatic rings. The van der Waals surface area contributed by atoms with E-state index in [1.54, 1.807) is 13.8 Å². The minimum Gasteiger partial charge on any atom is -0.390 e. The van der Waals surface area contributed by atoms with E-state index in [2.05, 4.69) is 10.0 Å². The van der Waals surface area contributed by atoms with Crippen LogP contribution in [-0.2, 0) is 10.0 Å². The summed E-state index contributed by atoms with van der Waals surface area (Å²) in [5, 5.41) is 12.6. The molecule has 0 bridgehead atoms. The number of hydrogen-bond donors (Lipinski definition) is 3. The summed E-state index contributed by atoms with van der Waals surface area (Å²) in [6.45, 7) is 6.38. The van der Waals surface area contributed by atoms with Crippen molar-refractivity contribution in [2.75, 3.05) is 13.1 Å². The maximum absolute atomic E-state index is 12.4. The molecular weight excluding hydrogens is 264 g/mol. The molecule has 0 amide bonds. The van der Waals surface area contributed by atoms with E-state index >= 15 is 0 Å². The molecule has 5 nitrogen and oxygen atoms in total. The van der Waals surface area contributed by atoms with Crippen molar-refractivity contribution >= 4 is 10.0 Å². The standard InChI is InChI=1S/C13H20N2O3S/c1-8-4-9(2)13(10(3)5-8)19(17,18)15-11-6-14-7-12(11)16/h4-5,11-12,14-16H,6-7H2,1-3H3/t11-,12-/m1/s1. The van der Waals surface area contributed by atoms with Gasteiger partial charge in [-0.25, -0.2) is 13.1 Å². The van der Waals surface area contributed by atoms with E-state index < -0.39 is 22.2 Å². The highest BCUT2D eigenvalue weighted by Crippen LogP contribution is 2.22. The maximum Gasteiger partial charge on any atom is 0.241 e. The van der Waals surface area contributed by atoms with Crippen LogP contribution in [0.2, 0.25) is 0 Å². The molecule has 0 saturated carbocycles. The summed E-state index contributed by atoms with van der Waals surface area (Å²) in [6.07, 6.45) is -0.680. The Hall–Kier alpha value is -0.950. The van der Waals surface area contributed by atoms with Gasteiger partial charge in [-0.1, -0.05) is 17.7 Å². The van der Waals surface area contributed by atoms with Crippen LogP contribution in [0.5, 0.6) is 0 Å². The zero-order valence-electron chi connectivity index (χ0n) is 11.4. The minimum atomic E-state index is -3.60. The first kappa shape index (κ1) is 14.5. The number of aliphatic hydroxyl groups excluding tert-OH is 1. The molecule has 6 heteroatoms. The van der Waals surface area contributed by atoms with E-state index in [1.165, 1.54) is 0 Å². The van der Waals surface area contributed by atoms with Crippen LogP contribution in [0.1, 0.15) is 16.7 Å². The number of rotatable bonds is 3. The van der Waals surface area contributed by atoms with E-state index in [9.17, 15) is 13.5 Å². The molecule has 0 aromatic heterocycles. The highest BCUT2D eigenvalue weighted by atomic mass is 32.2. The fourth-order valence-corrected chi connectivity index (χ4v) is 4.36. The molecule has 1 aromatic carbocycles. The molecular formula is C13H20N2O3S. The van der Waals surface area contributed by atoms with Gasteiger partial charge in [0, 0.05) is 13.1 Å². The Kier molecular flexibility index (Phi) is 3.96. The van der Waals surface area contributed by atoms with E-state index in [-0.39, 0.29) is 0 Å². The largest absolute Gasteiger partial charge is 0.390 e. The van der Waals surface area contributed by atoms with Gasteiger partial charge in [-0.05, 0) is 31.9 Å². The maximum atomic E-state index is 12.4. The Balaban J connectivity index is 2.34. The van der Waals surface area contributed by atoms with Crippen LogP contribution in [0.3, 0.4) is 0 Å². The molecule has 1 aliphatic heterocycles. The second kappa shape index (κ2) is 5.20. The summed E-state index contributed by atoms with van der Waals surface area (Å²) >= 11 is 0. The van der Waals surface area contributed by atoms with Gasteiger partial charge in [0.1, 0.15) is 0 Å². The van der Waals surface area contributed by atoms with Crippen LogP contribution in [0.25, 0.3) is 0 Å². The Labute approximate surface area is 114 Å². The Bertz CT molecular complexity index is 561. The third-order valence-electron chi connectivity index (χ3n) is 3.36. The van der Waals surface area contributed by atoms with Crippen LogP contribution < -0.4 is 10.0 Å². The second-order valence-electron chi connectivity index (χ2n) is 5.18. The van der Waals surface area contributed by atoms with E-state index in [4.69, 9.17) is 0 Å². The van der Waals surface area contributed by atoms with Crippen molar-refractivity contribution in [3.8, 4) is 0 Å². The highest BCUT2D eigenvalue weighted by molar-refractivity contribution is 7.89. The average Bonchev–Trinajstić information content (AvgIpc) is 2.61. The fraction of sp³-hybridized carbons (Fsp3) is 0.538. The molecule has 0 radical (unpaired) electrons. The molecule has 1 aromatic rings. The Morgan fingerprint density at radius 3 is 2.26 bits per heavy atom. The monoisotopic (exact) mass is 284 g/mol. The Morgan fingerprint density at radius 1 is 1.21 bits per heavy atom. The van der Waals surface area contributed by atoms with Gasteiger partial charge in [0.25, 0.3) is 0 Å². The number of sulfonamides is 1. The van der Waals surface area contributed by atoms with E-state index in [0.29, 0.717) is 18.0 Å². The summed E-state index contributed by atoms with van der Waals surface area (Å²) in [7, 11) is -3.60. The number of β-amino-alcohol motifs (C(OH)–C–C–N with tert-alkyl or cyclic N) is 1. The van der Waals surface area contributed by atoms with Crippen molar-refractivity contribution in [3.05, 3.63) is 28.8 Å². The van der Waals surface area contributed by atoms with Gasteiger partial charge in [-0.15, -0.1) is 0 Å². The third kappa shape index (κ3) is 2.97. The van der Waals surface area contributed by atoms with E-state index in [0.717, 1.165) is 16.7 Å². The smallest absolute Gasteiger partial charge is 0.241 e. The van der Waals surface area contributed by atoms with E-state index in [1.807, 2.05) is 19.1 Å². The number of hydrogen-bond acceptors (Lipinski definition) is 4. The van der Waals surface area contributed by atoms with Crippen LogP contribution in [0, 0.1) is 20.8 Å². The molecule has 2 atom stereocenters. The van der Waals surface area contributed by atoms with Crippen LogP contribution in [-0.4, -0.2) is 38.8 Å². The third-order valence-corrected chi connectivity index (χ3v) is 5.16. The van der Waals surface area contributed by atoms with Crippen molar-refractivity contribution < 1.29 is 13.5 Å². The molecule has 106 valence electrons. The van der Waals surface area contributed by atoms with Crippen molar-refractivity contribution in [1.29, 1.82) is 0 Å². The van der Waals surface area contributed by atoms with Gasteiger partial charge < -0.3 is 10.4 Å². The van der Waals surface area contributed by atoms with Gasteiger partial charge in [-0.3, -0.25) is 0 Å². The van der Waals surface area contributed by atoms with Crippen LogP contribution in [0.4, 0.5) is 0 Å². The van der Waals surface area contributed by atoms with Gasteiger partial charge in [0.2, 0.25) is 10.0 Å². The molecule has 19 heavy (non-hydrogen) atoms. The topological polar surface area (TPSA) is 78.4 Å². The predicted octanol–water partition coefficient (Wildman–Crippen LogP) is 0.223. The fourth-order valence-electron chi connectivity index (χ4n) is 2.63. The number of aliphatic hydroxyl groups is 1. The quantitative estimate of drug-likeness (QED) is 0.742. The summed E-state index contributed by atoms with van der Waals surface area (Å²) in [6, 6.07) is 3.24. The van der Waals surface area contributed by atoms with Crippen molar-refractivity contribution in [2.45, 2.75) is 37.8 Å². The summed E-state index contributed by atoms with van der Waals surface area (Å²) in [5.41, 5.74) is 2.49. The molecule has 1 heterocycles. The average molecular weight is 284 g/mol. The summed E-state index contributed by atoms with van der Waals surface area (Å²) in [5.74, 6) is 0. The SMILES string of the molecule is Cc1cc(C)c(S(=O)(=O)N[C@@H]2CNC[C@H]2O)c(C)c1. The Morgan fingerprint density at radius 2 is 1.79 bits per heavy atom. The lowest BCUT2D eigenvalue weighted by atomic mass is 10.1.